The van der Waals surface area contributed by atoms with Crippen molar-refractivity contribution in [1.29, 1.82) is 0 Å². The molecular weight excluding hydrogens is 422 g/mol. The Bertz CT molecular complexity index is 594. The number of aryl methyl sites for hydroxylation is 1. The number of benzene rings is 1. The maximum absolute atomic E-state index is 13.6. The molecule has 1 amide bonds. The summed E-state index contributed by atoms with van der Waals surface area (Å²) in [6.45, 7) is 5.61. The molecule has 0 aliphatic carbocycles. The van der Waals surface area contributed by atoms with Gasteiger partial charge in [0.2, 0.25) is 5.91 Å². The van der Waals surface area contributed by atoms with E-state index in [4.69, 9.17) is 0 Å². The molecule has 1 atom stereocenters. The Morgan fingerprint density at radius 3 is 2.83 bits per heavy atom. The lowest BCUT2D eigenvalue weighted by atomic mass is 10.1. The summed E-state index contributed by atoms with van der Waals surface area (Å²) in [5.41, 5.74) is 1.51. The summed E-state index contributed by atoms with van der Waals surface area (Å²) < 4.78 is 13.6. The zero-order valence-corrected chi connectivity index (χ0v) is 16.8. The number of hydrogen-bond acceptors (Lipinski definition) is 2. The largest absolute Gasteiger partial charge is 0.352 e. The standard InChI is InChI=1S/C17H25FN4O.HI/c1-4-16(23)22-8-7-14(11-22)21-17(19-3)20-10-13-6-5-12(2)15(18)9-13;/h5-6,9,14H,4,7-8,10-11H2,1-3H3,(H2,19,20,21);1H. The lowest BCUT2D eigenvalue weighted by molar-refractivity contribution is -0.129. The fourth-order valence-corrected chi connectivity index (χ4v) is 2.65. The van der Waals surface area contributed by atoms with Crippen LogP contribution in [0.25, 0.3) is 0 Å². The molecule has 1 fully saturated rings. The van der Waals surface area contributed by atoms with Gasteiger partial charge in [-0.3, -0.25) is 9.79 Å². The van der Waals surface area contributed by atoms with Gasteiger partial charge in [0.25, 0.3) is 0 Å². The molecule has 0 aromatic heterocycles. The molecule has 2 rings (SSSR count). The highest BCUT2D eigenvalue weighted by atomic mass is 127. The normalized spacial score (nSPS) is 17.4. The third-order valence-electron chi connectivity index (χ3n) is 4.10. The van der Waals surface area contributed by atoms with Gasteiger partial charge in [-0.05, 0) is 30.5 Å². The van der Waals surface area contributed by atoms with Gasteiger partial charge in [-0.1, -0.05) is 19.1 Å². The number of nitrogens with zero attached hydrogens (tertiary/aromatic N) is 2. The van der Waals surface area contributed by atoms with Crippen molar-refractivity contribution in [2.45, 2.75) is 39.3 Å². The number of guanidine groups is 1. The van der Waals surface area contributed by atoms with E-state index in [-0.39, 0.29) is 41.7 Å². The molecule has 1 unspecified atom stereocenters. The Morgan fingerprint density at radius 2 is 2.21 bits per heavy atom. The van der Waals surface area contributed by atoms with Crippen LogP contribution in [0.1, 0.15) is 30.9 Å². The topological polar surface area (TPSA) is 56.7 Å². The molecule has 0 bridgehead atoms. The van der Waals surface area contributed by atoms with E-state index in [9.17, 15) is 9.18 Å². The van der Waals surface area contributed by atoms with Crippen molar-refractivity contribution in [2.75, 3.05) is 20.1 Å². The van der Waals surface area contributed by atoms with Crippen molar-refractivity contribution in [3.63, 3.8) is 0 Å². The van der Waals surface area contributed by atoms with Gasteiger partial charge in [0, 0.05) is 39.1 Å². The fourth-order valence-electron chi connectivity index (χ4n) is 2.65. The molecule has 1 saturated heterocycles. The molecule has 0 radical (unpaired) electrons. The van der Waals surface area contributed by atoms with Gasteiger partial charge in [0.1, 0.15) is 5.82 Å². The molecule has 1 aliphatic heterocycles. The highest BCUT2D eigenvalue weighted by Crippen LogP contribution is 2.11. The van der Waals surface area contributed by atoms with Crippen molar-refractivity contribution < 1.29 is 9.18 Å². The van der Waals surface area contributed by atoms with Crippen molar-refractivity contribution in [1.82, 2.24) is 15.5 Å². The van der Waals surface area contributed by atoms with Crippen LogP contribution in [0.3, 0.4) is 0 Å². The highest BCUT2D eigenvalue weighted by molar-refractivity contribution is 14.0. The van der Waals surface area contributed by atoms with Crippen LogP contribution in [0, 0.1) is 12.7 Å². The highest BCUT2D eigenvalue weighted by Gasteiger charge is 2.25. The molecular formula is C17H26FIN4O. The van der Waals surface area contributed by atoms with E-state index in [1.165, 1.54) is 6.07 Å². The molecule has 1 aliphatic rings. The Balaban J connectivity index is 0.00000288. The second kappa shape index (κ2) is 9.80. The van der Waals surface area contributed by atoms with Crippen LogP contribution in [0.2, 0.25) is 0 Å². The van der Waals surface area contributed by atoms with Crippen LogP contribution in [-0.2, 0) is 11.3 Å². The van der Waals surface area contributed by atoms with Gasteiger partial charge in [0.05, 0.1) is 0 Å². The molecule has 1 heterocycles. The Hall–Kier alpha value is -1.38. The summed E-state index contributed by atoms with van der Waals surface area (Å²) in [5.74, 6) is 0.658. The SMILES string of the molecule is CCC(=O)N1CCC(NC(=NC)NCc2ccc(C)c(F)c2)C1.I. The first-order valence-corrected chi connectivity index (χ1v) is 8.03. The molecule has 5 nitrogen and oxygen atoms in total. The first kappa shape index (κ1) is 20.7. The second-order valence-corrected chi connectivity index (χ2v) is 5.83. The Labute approximate surface area is 160 Å². The minimum absolute atomic E-state index is 0. The number of rotatable bonds is 4. The zero-order valence-electron chi connectivity index (χ0n) is 14.4. The van der Waals surface area contributed by atoms with Gasteiger partial charge < -0.3 is 15.5 Å². The molecule has 0 saturated carbocycles. The van der Waals surface area contributed by atoms with Gasteiger partial charge in [-0.25, -0.2) is 4.39 Å². The molecule has 2 N–H and O–H groups in total. The van der Waals surface area contributed by atoms with Gasteiger partial charge in [-0.2, -0.15) is 0 Å². The van der Waals surface area contributed by atoms with Crippen molar-refractivity contribution in [3.05, 3.63) is 35.1 Å². The zero-order chi connectivity index (χ0) is 16.8. The van der Waals surface area contributed by atoms with E-state index < -0.39 is 0 Å². The van der Waals surface area contributed by atoms with Crippen molar-refractivity contribution in [2.24, 2.45) is 4.99 Å². The van der Waals surface area contributed by atoms with Crippen LogP contribution in [0.5, 0.6) is 0 Å². The molecule has 1 aromatic carbocycles. The van der Waals surface area contributed by atoms with Crippen LogP contribution < -0.4 is 10.6 Å². The summed E-state index contributed by atoms with van der Waals surface area (Å²) in [6, 6.07) is 5.41. The van der Waals surface area contributed by atoms with Crippen molar-refractivity contribution >= 4 is 35.8 Å². The average Bonchev–Trinajstić information content (AvgIpc) is 3.02. The number of carbonyl (C=O) groups is 1. The first-order chi connectivity index (χ1) is 11.0. The van der Waals surface area contributed by atoms with Gasteiger partial charge in [-0.15, -0.1) is 24.0 Å². The van der Waals surface area contributed by atoms with Crippen LogP contribution in [0.15, 0.2) is 23.2 Å². The minimum Gasteiger partial charge on any atom is -0.352 e. The van der Waals surface area contributed by atoms with Crippen molar-refractivity contribution in [3.8, 4) is 0 Å². The molecule has 24 heavy (non-hydrogen) atoms. The van der Waals surface area contributed by atoms with E-state index in [2.05, 4.69) is 15.6 Å². The van der Waals surface area contributed by atoms with E-state index in [1.807, 2.05) is 17.9 Å². The summed E-state index contributed by atoms with van der Waals surface area (Å²) in [5, 5.41) is 6.51. The number of carbonyl (C=O) groups excluding carboxylic acids is 1. The smallest absolute Gasteiger partial charge is 0.222 e. The lowest BCUT2D eigenvalue weighted by Gasteiger charge is -2.18. The fraction of sp³-hybridized carbons (Fsp3) is 0.529. The molecule has 134 valence electrons. The van der Waals surface area contributed by atoms with E-state index >= 15 is 0 Å². The van der Waals surface area contributed by atoms with Crippen LogP contribution in [-0.4, -0.2) is 42.9 Å². The summed E-state index contributed by atoms with van der Waals surface area (Å²) in [7, 11) is 1.70. The number of halogens is 2. The van der Waals surface area contributed by atoms with E-state index in [0.29, 0.717) is 31.0 Å². The van der Waals surface area contributed by atoms with E-state index in [0.717, 1.165) is 18.5 Å². The third-order valence-corrected chi connectivity index (χ3v) is 4.10. The first-order valence-electron chi connectivity index (χ1n) is 8.03. The lowest BCUT2D eigenvalue weighted by Crippen LogP contribution is -2.44. The number of nitrogens with one attached hydrogen (secondary N) is 2. The molecule has 1 aromatic rings. The summed E-state index contributed by atoms with van der Waals surface area (Å²) in [4.78, 5) is 17.8. The Morgan fingerprint density at radius 1 is 1.46 bits per heavy atom. The van der Waals surface area contributed by atoms with Crippen LogP contribution >= 0.6 is 24.0 Å². The predicted octanol–water partition coefficient (Wildman–Crippen LogP) is 2.43. The third kappa shape index (κ3) is 5.61. The number of amides is 1. The van der Waals surface area contributed by atoms with Gasteiger partial charge in [0.15, 0.2) is 5.96 Å². The molecule has 0 spiro atoms. The monoisotopic (exact) mass is 448 g/mol. The number of likely N-dealkylation sites (tertiary alicyclic amines) is 1. The quantitative estimate of drug-likeness (QED) is 0.423. The number of aliphatic imine (C=N–C) groups is 1. The Kier molecular flexibility index (Phi) is 8.44. The van der Waals surface area contributed by atoms with E-state index in [1.54, 1.807) is 20.0 Å². The molecule has 7 heteroatoms. The maximum atomic E-state index is 13.6. The summed E-state index contributed by atoms with van der Waals surface area (Å²) in [6.07, 6.45) is 1.45. The summed E-state index contributed by atoms with van der Waals surface area (Å²) >= 11 is 0. The second-order valence-electron chi connectivity index (χ2n) is 5.83. The number of hydrogen-bond donors (Lipinski definition) is 2. The predicted molar refractivity (Wildman–Crippen MR) is 105 cm³/mol. The van der Waals surface area contributed by atoms with Crippen LogP contribution in [0.4, 0.5) is 4.39 Å². The minimum atomic E-state index is -0.197. The average molecular weight is 448 g/mol. The maximum Gasteiger partial charge on any atom is 0.222 e. The van der Waals surface area contributed by atoms with Gasteiger partial charge >= 0.3 is 0 Å².